The minimum atomic E-state index is -0.0475. The molecule has 0 amide bonds. The van der Waals surface area contributed by atoms with Crippen molar-refractivity contribution in [2.24, 2.45) is 0 Å². The molecule has 156 valence electrons. The minimum Gasteiger partial charge on any atom is -0.392 e. The molecule has 0 aliphatic heterocycles. The fourth-order valence-electron chi connectivity index (χ4n) is 3.44. The Kier molecular flexibility index (Phi) is 4.78. The first-order valence-electron chi connectivity index (χ1n) is 9.76. The third-order valence-electron chi connectivity index (χ3n) is 4.97. The molecule has 0 atom stereocenters. The summed E-state index contributed by atoms with van der Waals surface area (Å²) in [5.74, 6) is 0.954. The summed E-state index contributed by atoms with van der Waals surface area (Å²) in [6.07, 6.45) is 3.20. The van der Waals surface area contributed by atoms with Crippen molar-refractivity contribution < 1.29 is 5.11 Å². The van der Waals surface area contributed by atoms with Gasteiger partial charge in [0.15, 0.2) is 11.5 Å². The fourth-order valence-corrected chi connectivity index (χ4v) is 3.44. The van der Waals surface area contributed by atoms with Crippen LogP contribution in [-0.4, -0.2) is 39.6 Å². The number of aliphatic hydroxyl groups excluding tert-OH is 1. The molecule has 4 aromatic heterocycles. The number of nitrogens with two attached hydrogens (primary N) is 1. The standard InChI is InChI=1S/C22H17N9O/c23-9-11-30-26-12-19(29-30)17-7-8-18-22(27-17)31(15-5-3-14(13-32)4-6-15)21(28-18)16-2-1-10-25-20(16)24/h1-8,10,12,32H,11,13H2,(H2,24,25). The van der Waals surface area contributed by atoms with E-state index in [-0.39, 0.29) is 13.2 Å². The summed E-state index contributed by atoms with van der Waals surface area (Å²) in [5.41, 5.74) is 10.9. The third-order valence-corrected chi connectivity index (χ3v) is 4.97. The van der Waals surface area contributed by atoms with Crippen LogP contribution in [0, 0.1) is 11.3 Å². The second-order valence-electron chi connectivity index (χ2n) is 6.99. The lowest BCUT2D eigenvalue weighted by Gasteiger charge is -2.11. The number of hydrogen-bond donors (Lipinski definition) is 2. The van der Waals surface area contributed by atoms with Crippen LogP contribution in [0.15, 0.2) is 60.9 Å². The Balaban J connectivity index is 1.74. The van der Waals surface area contributed by atoms with Gasteiger partial charge in [-0.15, -0.1) is 0 Å². The number of aromatic nitrogens is 7. The molecule has 0 radical (unpaired) electrons. The van der Waals surface area contributed by atoms with Crippen molar-refractivity contribution in [3.05, 3.63) is 66.5 Å². The van der Waals surface area contributed by atoms with E-state index in [0.29, 0.717) is 39.8 Å². The molecular weight excluding hydrogens is 406 g/mol. The van der Waals surface area contributed by atoms with Gasteiger partial charge in [0.05, 0.1) is 30.1 Å². The summed E-state index contributed by atoms with van der Waals surface area (Å²) < 4.78 is 1.90. The van der Waals surface area contributed by atoms with E-state index in [1.807, 2.05) is 53.1 Å². The van der Waals surface area contributed by atoms with Gasteiger partial charge in [0.25, 0.3) is 0 Å². The zero-order chi connectivity index (χ0) is 22.1. The number of nitrogens with zero attached hydrogens (tertiary/aromatic N) is 8. The lowest BCUT2D eigenvalue weighted by atomic mass is 10.2. The minimum absolute atomic E-state index is 0.0475. The van der Waals surface area contributed by atoms with Crippen LogP contribution in [0.5, 0.6) is 0 Å². The first-order chi connectivity index (χ1) is 15.7. The Morgan fingerprint density at radius 3 is 2.62 bits per heavy atom. The van der Waals surface area contributed by atoms with Gasteiger partial charge < -0.3 is 10.8 Å². The van der Waals surface area contributed by atoms with E-state index < -0.39 is 0 Å². The largest absolute Gasteiger partial charge is 0.392 e. The summed E-state index contributed by atoms with van der Waals surface area (Å²) in [7, 11) is 0. The molecule has 4 heterocycles. The van der Waals surface area contributed by atoms with Crippen molar-refractivity contribution in [3.63, 3.8) is 0 Å². The van der Waals surface area contributed by atoms with E-state index in [0.717, 1.165) is 11.3 Å². The van der Waals surface area contributed by atoms with E-state index >= 15 is 0 Å². The SMILES string of the molecule is N#CCn1ncc(-c2ccc3nc(-c4cccnc4N)n(-c4ccc(CO)cc4)c3n2)n1. The van der Waals surface area contributed by atoms with E-state index in [9.17, 15) is 5.11 Å². The maximum Gasteiger partial charge on any atom is 0.165 e. The second kappa shape index (κ2) is 7.90. The zero-order valence-corrected chi connectivity index (χ0v) is 16.8. The van der Waals surface area contributed by atoms with Crippen molar-refractivity contribution in [2.45, 2.75) is 13.2 Å². The molecule has 10 nitrogen and oxygen atoms in total. The quantitative estimate of drug-likeness (QED) is 0.438. The number of pyridine rings is 2. The topological polar surface area (TPSA) is 144 Å². The first kappa shape index (κ1) is 19.3. The normalized spacial score (nSPS) is 11.0. The number of nitriles is 1. The van der Waals surface area contributed by atoms with Crippen molar-refractivity contribution in [2.75, 3.05) is 5.73 Å². The molecule has 0 bridgehead atoms. The van der Waals surface area contributed by atoms with Crippen LogP contribution >= 0.6 is 0 Å². The van der Waals surface area contributed by atoms with E-state index in [2.05, 4.69) is 15.2 Å². The maximum atomic E-state index is 9.41. The van der Waals surface area contributed by atoms with E-state index in [1.54, 1.807) is 18.5 Å². The van der Waals surface area contributed by atoms with Crippen molar-refractivity contribution in [3.8, 4) is 34.5 Å². The predicted molar refractivity (Wildman–Crippen MR) is 117 cm³/mol. The molecule has 3 N–H and O–H groups in total. The monoisotopic (exact) mass is 423 g/mol. The number of anilines is 1. The zero-order valence-electron chi connectivity index (χ0n) is 16.8. The Hall–Kier alpha value is -4.62. The molecule has 0 aliphatic carbocycles. The highest BCUT2D eigenvalue weighted by Crippen LogP contribution is 2.31. The number of aliphatic hydroxyl groups is 1. The van der Waals surface area contributed by atoms with Crippen LogP contribution in [-0.2, 0) is 13.2 Å². The van der Waals surface area contributed by atoms with Crippen LogP contribution < -0.4 is 5.73 Å². The molecule has 10 heteroatoms. The molecule has 32 heavy (non-hydrogen) atoms. The molecule has 0 saturated carbocycles. The maximum absolute atomic E-state index is 9.41. The summed E-state index contributed by atoms with van der Waals surface area (Å²) in [6, 6.07) is 16.8. The van der Waals surface area contributed by atoms with Gasteiger partial charge in [0, 0.05) is 11.9 Å². The predicted octanol–water partition coefficient (Wildman–Crippen LogP) is 2.34. The second-order valence-corrected chi connectivity index (χ2v) is 6.99. The summed E-state index contributed by atoms with van der Waals surface area (Å²) >= 11 is 0. The van der Waals surface area contributed by atoms with Gasteiger partial charge in [-0.05, 0) is 42.0 Å². The van der Waals surface area contributed by atoms with E-state index in [1.165, 1.54) is 4.80 Å². The number of imidazole rings is 1. The highest BCUT2D eigenvalue weighted by molar-refractivity contribution is 5.84. The summed E-state index contributed by atoms with van der Waals surface area (Å²) in [4.78, 5) is 15.1. The van der Waals surface area contributed by atoms with Gasteiger partial charge in [-0.3, -0.25) is 4.57 Å². The number of fused-ring (bicyclic) bond motifs is 1. The van der Waals surface area contributed by atoms with Gasteiger partial charge in [0.2, 0.25) is 0 Å². The molecule has 0 fully saturated rings. The van der Waals surface area contributed by atoms with Crippen LogP contribution in [0.1, 0.15) is 5.56 Å². The van der Waals surface area contributed by atoms with Crippen molar-refractivity contribution >= 4 is 17.0 Å². The van der Waals surface area contributed by atoms with Crippen molar-refractivity contribution in [1.82, 2.24) is 34.5 Å². The molecule has 0 spiro atoms. The highest BCUT2D eigenvalue weighted by atomic mass is 16.3. The average molecular weight is 423 g/mol. The average Bonchev–Trinajstić information content (AvgIpc) is 3.44. The highest BCUT2D eigenvalue weighted by Gasteiger charge is 2.19. The lowest BCUT2D eigenvalue weighted by Crippen LogP contribution is -2.02. The number of benzene rings is 1. The molecular formula is C22H17N9O. The van der Waals surface area contributed by atoms with Gasteiger partial charge in [-0.1, -0.05) is 12.1 Å². The van der Waals surface area contributed by atoms with E-state index in [4.69, 9.17) is 21.0 Å². The summed E-state index contributed by atoms with van der Waals surface area (Å²) in [5, 5.41) is 26.7. The smallest absolute Gasteiger partial charge is 0.165 e. The van der Waals surface area contributed by atoms with Crippen LogP contribution in [0.2, 0.25) is 0 Å². The summed E-state index contributed by atoms with van der Waals surface area (Å²) in [6.45, 7) is 0.00986. The third kappa shape index (κ3) is 3.32. The molecule has 0 saturated heterocycles. The fraction of sp³-hybridized carbons (Fsp3) is 0.0909. The van der Waals surface area contributed by atoms with Gasteiger partial charge >= 0.3 is 0 Å². The Bertz CT molecular complexity index is 1460. The first-order valence-corrected chi connectivity index (χ1v) is 9.76. The van der Waals surface area contributed by atoms with Crippen LogP contribution in [0.3, 0.4) is 0 Å². The number of nitrogen functional groups attached to an aromatic ring is 1. The van der Waals surface area contributed by atoms with Gasteiger partial charge in [0.1, 0.15) is 23.6 Å². The van der Waals surface area contributed by atoms with Gasteiger partial charge in [-0.2, -0.15) is 20.3 Å². The molecule has 5 aromatic rings. The lowest BCUT2D eigenvalue weighted by molar-refractivity contribution is 0.282. The molecule has 0 aliphatic rings. The number of rotatable bonds is 5. The van der Waals surface area contributed by atoms with Crippen LogP contribution in [0.4, 0.5) is 5.82 Å². The van der Waals surface area contributed by atoms with Crippen LogP contribution in [0.25, 0.3) is 39.6 Å². The Labute approximate surface area is 182 Å². The Morgan fingerprint density at radius 1 is 1.03 bits per heavy atom. The number of hydrogen-bond acceptors (Lipinski definition) is 8. The Morgan fingerprint density at radius 2 is 1.88 bits per heavy atom. The van der Waals surface area contributed by atoms with Crippen molar-refractivity contribution in [1.29, 1.82) is 5.26 Å². The molecule has 5 rings (SSSR count). The van der Waals surface area contributed by atoms with Gasteiger partial charge in [-0.25, -0.2) is 15.0 Å². The molecule has 1 aromatic carbocycles. The molecule has 0 unspecified atom stereocenters.